The maximum absolute atomic E-state index is 12.4. The van der Waals surface area contributed by atoms with Gasteiger partial charge in [-0.1, -0.05) is 30.3 Å². The molecule has 120 valence electrons. The Bertz CT molecular complexity index is 829. The molecule has 0 saturated heterocycles. The lowest BCUT2D eigenvalue weighted by molar-refractivity contribution is -0.120. The molecule has 7 nitrogen and oxygen atoms in total. The number of amides is 2. The summed E-state index contributed by atoms with van der Waals surface area (Å²) in [7, 11) is 0. The number of nitrogens with one attached hydrogen (secondary N) is 1. The summed E-state index contributed by atoms with van der Waals surface area (Å²) < 4.78 is 1.72. The first kappa shape index (κ1) is 15.4. The van der Waals surface area contributed by atoms with Crippen LogP contribution in [0.1, 0.15) is 22.0 Å². The molecule has 3 rings (SSSR count). The van der Waals surface area contributed by atoms with E-state index in [1.165, 1.54) is 6.20 Å². The van der Waals surface area contributed by atoms with Crippen molar-refractivity contribution in [3.05, 3.63) is 78.5 Å². The topological polar surface area (TPSA) is 103 Å². The predicted molar refractivity (Wildman–Crippen MR) is 87.2 cm³/mol. The van der Waals surface area contributed by atoms with Gasteiger partial charge < -0.3 is 11.1 Å². The zero-order chi connectivity index (χ0) is 16.9. The molecule has 0 aliphatic rings. The van der Waals surface area contributed by atoms with Gasteiger partial charge in [-0.05, 0) is 17.7 Å². The third-order valence-corrected chi connectivity index (χ3v) is 3.47. The highest BCUT2D eigenvalue weighted by atomic mass is 16.2. The van der Waals surface area contributed by atoms with Gasteiger partial charge in [-0.25, -0.2) is 9.97 Å². The molecule has 24 heavy (non-hydrogen) atoms. The van der Waals surface area contributed by atoms with Gasteiger partial charge in [0.25, 0.3) is 5.91 Å². The molecule has 2 aromatic heterocycles. The maximum Gasteiger partial charge on any atom is 0.253 e. The minimum absolute atomic E-state index is 0.334. The summed E-state index contributed by atoms with van der Waals surface area (Å²) in [5.74, 6) is -0.413. The van der Waals surface area contributed by atoms with Gasteiger partial charge in [-0.3, -0.25) is 14.2 Å². The van der Waals surface area contributed by atoms with E-state index in [0.717, 1.165) is 0 Å². The second-order valence-electron chi connectivity index (χ2n) is 5.09. The van der Waals surface area contributed by atoms with Crippen molar-refractivity contribution in [1.29, 1.82) is 0 Å². The molecule has 1 atom stereocenters. The quantitative estimate of drug-likeness (QED) is 0.737. The monoisotopic (exact) mass is 321 g/mol. The lowest BCUT2D eigenvalue weighted by Crippen LogP contribution is -2.37. The molecule has 0 spiro atoms. The van der Waals surface area contributed by atoms with E-state index in [0.29, 0.717) is 16.9 Å². The van der Waals surface area contributed by atoms with Crippen molar-refractivity contribution in [2.45, 2.75) is 6.04 Å². The number of benzene rings is 1. The number of carbonyl (C=O) groups excluding carboxylic acids is 2. The van der Waals surface area contributed by atoms with Gasteiger partial charge in [-0.15, -0.1) is 0 Å². The van der Waals surface area contributed by atoms with E-state index in [4.69, 9.17) is 5.73 Å². The van der Waals surface area contributed by atoms with Crippen LogP contribution in [0.2, 0.25) is 0 Å². The summed E-state index contributed by atoms with van der Waals surface area (Å²) in [5, 5.41) is 2.63. The number of imidazole rings is 1. The van der Waals surface area contributed by atoms with Gasteiger partial charge in [-0.2, -0.15) is 0 Å². The van der Waals surface area contributed by atoms with Crippen LogP contribution in [0.4, 0.5) is 0 Å². The van der Waals surface area contributed by atoms with Crippen LogP contribution >= 0.6 is 0 Å². The Hall–Kier alpha value is -3.48. The number of aromatic nitrogens is 3. The molecule has 0 unspecified atom stereocenters. The maximum atomic E-state index is 12.4. The van der Waals surface area contributed by atoms with Crippen molar-refractivity contribution in [2.24, 2.45) is 5.73 Å². The number of carbonyl (C=O) groups is 2. The Kier molecular flexibility index (Phi) is 4.33. The minimum Gasteiger partial charge on any atom is -0.368 e. The number of nitrogens with zero attached hydrogens (tertiary/aromatic N) is 3. The molecular formula is C17H15N5O2. The highest BCUT2D eigenvalue weighted by molar-refractivity contribution is 5.97. The molecule has 3 N–H and O–H groups in total. The van der Waals surface area contributed by atoms with Crippen LogP contribution < -0.4 is 11.1 Å². The Morgan fingerprint density at radius 3 is 2.50 bits per heavy atom. The number of primary amides is 1. The molecule has 2 amide bonds. The van der Waals surface area contributed by atoms with Crippen molar-refractivity contribution in [2.75, 3.05) is 0 Å². The van der Waals surface area contributed by atoms with Gasteiger partial charge in [0, 0.05) is 18.6 Å². The molecule has 0 bridgehead atoms. The van der Waals surface area contributed by atoms with Gasteiger partial charge >= 0.3 is 0 Å². The zero-order valence-electron chi connectivity index (χ0n) is 12.7. The summed E-state index contributed by atoms with van der Waals surface area (Å²) >= 11 is 0. The van der Waals surface area contributed by atoms with E-state index in [9.17, 15) is 9.59 Å². The van der Waals surface area contributed by atoms with Crippen molar-refractivity contribution < 1.29 is 9.59 Å². The lowest BCUT2D eigenvalue weighted by Gasteiger charge is -2.15. The normalized spacial score (nSPS) is 11.7. The molecule has 7 heteroatoms. The van der Waals surface area contributed by atoms with E-state index < -0.39 is 17.9 Å². The molecular weight excluding hydrogens is 306 g/mol. The fourth-order valence-corrected chi connectivity index (χ4v) is 2.25. The summed E-state index contributed by atoms with van der Waals surface area (Å²) in [5.41, 5.74) is 6.36. The Morgan fingerprint density at radius 2 is 1.92 bits per heavy atom. The van der Waals surface area contributed by atoms with E-state index in [1.807, 2.05) is 6.07 Å². The molecule has 0 aliphatic heterocycles. The largest absolute Gasteiger partial charge is 0.368 e. The highest BCUT2D eigenvalue weighted by Crippen LogP contribution is 2.13. The van der Waals surface area contributed by atoms with Crippen molar-refractivity contribution in [1.82, 2.24) is 19.9 Å². The van der Waals surface area contributed by atoms with Crippen LogP contribution in [-0.2, 0) is 4.79 Å². The van der Waals surface area contributed by atoms with E-state index >= 15 is 0 Å². The van der Waals surface area contributed by atoms with E-state index in [-0.39, 0.29) is 0 Å². The van der Waals surface area contributed by atoms with Crippen LogP contribution in [0, 0.1) is 0 Å². The number of nitrogens with two attached hydrogens (primary N) is 1. The van der Waals surface area contributed by atoms with Crippen molar-refractivity contribution >= 4 is 11.8 Å². The highest BCUT2D eigenvalue weighted by Gasteiger charge is 2.20. The number of rotatable bonds is 5. The summed E-state index contributed by atoms with van der Waals surface area (Å²) in [6.07, 6.45) is 6.44. The molecule has 0 aliphatic carbocycles. The summed E-state index contributed by atoms with van der Waals surface area (Å²) in [6.45, 7) is 0. The van der Waals surface area contributed by atoms with Crippen molar-refractivity contribution in [3.63, 3.8) is 0 Å². The average Bonchev–Trinajstić information content (AvgIpc) is 3.15. The smallest absolute Gasteiger partial charge is 0.253 e. The van der Waals surface area contributed by atoms with Gasteiger partial charge in [0.1, 0.15) is 18.2 Å². The predicted octanol–water partition coefficient (Wildman–Crippen LogP) is 1.22. The Labute approximate surface area is 138 Å². The van der Waals surface area contributed by atoms with Crippen LogP contribution in [0.5, 0.6) is 0 Å². The van der Waals surface area contributed by atoms with Crippen molar-refractivity contribution in [3.8, 4) is 5.82 Å². The number of hydrogen-bond acceptors (Lipinski definition) is 4. The third-order valence-electron chi connectivity index (χ3n) is 3.47. The molecule has 0 fully saturated rings. The fourth-order valence-electron chi connectivity index (χ4n) is 2.25. The Morgan fingerprint density at radius 1 is 1.12 bits per heavy atom. The van der Waals surface area contributed by atoms with Gasteiger partial charge in [0.15, 0.2) is 0 Å². The van der Waals surface area contributed by atoms with Gasteiger partial charge in [0.05, 0.1) is 5.56 Å². The van der Waals surface area contributed by atoms with Crippen LogP contribution in [-0.4, -0.2) is 26.3 Å². The van der Waals surface area contributed by atoms with E-state index in [1.54, 1.807) is 59.7 Å². The first-order chi connectivity index (χ1) is 11.6. The molecule has 3 aromatic rings. The molecule has 0 radical (unpaired) electrons. The van der Waals surface area contributed by atoms with Gasteiger partial charge in [0.2, 0.25) is 5.91 Å². The van der Waals surface area contributed by atoms with Crippen LogP contribution in [0.15, 0.2) is 67.4 Å². The number of pyridine rings is 1. The fraction of sp³-hybridized carbons (Fsp3) is 0.0588. The standard InChI is InChI=1S/C17H15N5O2/c18-16(23)15(12-4-2-1-3-5-12)21-17(24)13-6-7-14(20-10-13)22-9-8-19-11-22/h1-11,15H,(H2,18,23)(H,21,24)/t15-/m1/s1. The average molecular weight is 321 g/mol. The molecule has 2 heterocycles. The second kappa shape index (κ2) is 6.74. The second-order valence-corrected chi connectivity index (χ2v) is 5.09. The lowest BCUT2D eigenvalue weighted by atomic mass is 10.1. The Balaban J connectivity index is 1.77. The SMILES string of the molecule is NC(=O)[C@H](NC(=O)c1ccc(-n2ccnc2)nc1)c1ccccc1. The van der Waals surface area contributed by atoms with E-state index in [2.05, 4.69) is 15.3 Å². The van der Waals surface area contributed by atoms with Crippen LogP contribution in [0.3, 0.4) is 0 Å². The third kappa shape index (κ3) is 3.30. The summed E-state index contributed by atoms with van der Waals surface area (Å²) in [4.78, 5) is 32.2. The van der Waals surface area contributed by atoms with Crippen LogP contribution in [0.25, 0.3) is 5.82 Å². The summed E-state index contributed by atoms with van der Waals surface area (Å²) in [6, 6.07) is 11.3. The first-order valence-electron chi connectivity index (χ1n) is 7.24. The minimum atomic E-state index is -0.896. The zero-order valence-corrected chi connectivity index (χ0v) is 12.7. The molecule has 0 saturated carbocycles. The molecule has 1 aromatic carbocycles. The number of hydrogen-bond donors (Lipinski definition) is 2. The first-order valence-corrected chi connectivity index (χ1v) is 7.24.